The van der Waals surface area contributed by atoms with Crippen molar-refractivity contribution in [1.29, 1.82) is 0 Å². The summed E-state index contributed by atoms with van der Waals surface area (Å²) in [6.45, 7) is 15.1. The number of hydrogen-bond donors (Lipinski definition) is 0. The van der Waals surface area contributed by atoms with E-state index in [1.54, 1.807) is 6.08 Å². The molecule has 0 bridgehead atoms. The van der Waals surface area contributed by atoms with Gasteiger partial charge in [-0.3, -0.25) is 0 Å². The zero-order chi connectivity index (χ0) is 23.4. The van der Waals surface area contributed by atoms with Gasteiger partial charge in [0.05, 0.1) is 0 Å². The smallest absolute Gasteiger partial charge is 0.356 e. The van der Waals surface area contributed by atoms with Gasteiger partial charge in [0.15, 0.2) is 0 Å². The predicted molar refractivity (Wildman–Crippen MR) is 143 cm³/mol. The molecule has 0 heterocycles. The summed E-state index contributed by atoms with van der Waals surface area (Å²) in [5, 5.41) is 0. The molecule has 0 spiro atoms. The number of carbonyl (C=O) groups excluding carboxylic acids is 1. The minimum atomic E-state index is -2.17. The molecule has 0 aliphatic carbocycles. The van der Waals surface area contributed by atoms with E-state index in [0.29, 0.717) is 19.3 Å². The summed E-state index contributed by atoms with van der Waals surface area (Å²) < 4.78 is 19.0. The molecule has 0 radical (unpaired) electrons. The van der Waals surface area contributed by atoms with E-state index in [9.17, 15) is 4.79 Å². The Morgan fingerprint density at radius 2 is 1.77 bits per heavy atom. The van der Waals surface area contributed by atoms with Crippen molar-refractivity contribution in [3.8, 4) is 0 Å². The average molecular weight is 659 g/mol. The topological polar surface area (TPSA) is 44.8 Å². The van der Waals surface area contributed by atoms with Gasteiger partial charge >= 0.3 is 154 Å². The van der Waals surface area contributed by atoms with Crippen molar-refractivity contribution in [2.45, 2.75) is 80.2 Å². The van der Waals surface area contributed by atoms with E-state index >= 15 is 0 Å². The van der Waals surface area contributed by atoms with Crippen LogP contribution in [0.5, 0.6) is 0 Å². The zero-order valence-electron chi connectivity index (χ0n) is 20.8. The number of esters is 1. The van der Waals surface area contributed by atoms with Gasteiger partial charge in [-0.1, -0.05) is 19.6 Å². The van der Waals surface area contributed by atoms with Crippen molar-refractivity contribution in [2.24, 2.45) is 5.92 Å². The fraction of sp³-hybridized carbons (Fsp3) is 0.783. The zero-order valence-corrected chi connectivity index (χ0v) is 26.8. The first kappa shape index (κ1) is 30.6. The molecular formula is C23H45IO4SiSn. The number of rotatable bonds is 15. The van der Waals surface area contributed by atoms with E-state index in [0.717, 1.165) is 23.9 Å². The van der Waals surface area contributed by atoms with Crippen LogP contribution in [0.4, 0.5) is 0 Å². The molecule has 2 atom stereocenters. The molecule has 0 aliphatic heterocycles. The van der Waals surface area contributed by atoms with E-state index < -0.39 is 26.5 Å². The number of alkyl halides is 1. The molecule has 0 rings (SSSR count). The molecule has 4 nitrogen and oxygen atoms in total. The Labute approximate surface area is 204 Å². The molecule has 0 saturated heterocycles. The Kier molecular flexibility index (Phi) is 15.8. The molecule has 0 fully saturated rings. The van der Waals surface area contributed by atoms with Gasteiger partial charge in [-0.05, 0) is 6.04 Å². The quantitative estimate of drug-likeness (QED) is 0.0282. The molecule has 0 aromatic rings. The first-order chi connectivity index (χ1) is 13.8. The number of hydrogen-bond acceptors (Lipinski definition) is 4. The number of ether oxygens (including phenoxy) is 3. The second-order valence-electron chi connectivity index (χ2n) is 10.5. The Morgan fingerprint density at radius 3 is 2.30 bits per heavy atom. The predicted octanol–water partition coefficient (Wildman–Crippen LogP) is 6.85. The maximum absolute atomic E-state index is 12.3. The molecule has 1 unspecified atom stereocenters. The van der Waals surface area contributed by atoms with Crippen LogP contribution in [0, 0.1) is 5.92 Å². The van der Waals surface area contributed by atoms with Gasteiger partial charge in [-0.25, -0.2) is 0 Å². The average Bonchev–Trinajstić information content (AvgIpc) is 2.60. The van der Waals surface area contributed by atoms with Gasteiger partial charge < -0.3 is 4.74 Å². The molecule has 0 aromatic heterocycles. The SMILES string of the molecule is C/C(=C\CC[C@H](C)C(CI)OC(=O)/C=[C](\C)[Sn]([CH3])([CH3])[CH3])COCOCC[Si](C)(C)C. The Bertz CT molecular complexity index is 565. The van der Waals surface area contributed by atoms with Crippen LogP contribution in [-0.2, 0) is 19.0 Å². The van der Waals surface area contributed by atoms with E-state index in [-0.39, 0.29) is 12.1 Å². The fourth-order valence-corrected chi connectivity index (χ4v) is 5.79. The van der Waals surface area contributed by atoms with Crippen molar-refractivity contribution in [3.05, 3.63) is 21.3 Å². The normalized spacial score (nSPS) is 15.8. The van der Waals surface area contributed by atoms with Crippen molar-refractivity contribution >= 4 is 55.0 Å². The van der Waals surface area contributed by atoms with Crippen LogP contribution in [0.3, 0.4) is 0 Å². The van der Waals surface area contributed by atoms with Crippen LogP contribution in [0.2, 0.25) is 40.5 Å². The molecule has 30 heavy (non-hydrogen) atoms. The van der Waals surface area contributed by atoms with Gasteiger partial charge in [0, 0.05) is 14.7 Å². The van der Waals surface area contributed by atoms with Gasteiger partial charge in [-0.15, -0.1) is 0 Å². The van der Waals surface area contributed by atoms with Crippen LogP contribution in [0.25, 0.3) is 0 Å². The Balaban J connectivity index is 4.26. The third kappa shape index (κ3) is 16.3. The van der Waals surface area contributed by atoms with Gasteiger partial charge in [-0.2, -0.15) is 0 Å². The number of halogens is 1. The van der Waals surface area contributed by atoms with E-state index in [1.165, 1.54) is 15.2 Å². The summed E-state index contributed by atoms with van der Waals surface area (Å²) in [6.07, 6.45) is 5.87. The van der Waals surface area contributed by atoms with Crippen molar-refractivity contribution in [2.75, 3.05) is 24.4 Å². The van der Waals surface area contributed by atoms with Gasteiger partial charge in [0.25, 0.3) is 0 Å². The Morgan fingerprint density at radius 1 is 1.13 bits per heavy atom. The van der Waals surface area contributed by atoms with E-state index in [2.05, 4.69) is 83.9 Å². The van der Waals surface area contributed by atoms with Gasteiger partial charge in [0.2, 0.25) is 0 Å². The van der Waals surface area contributed by atoms with Crippen LogP contribution in [0.1, 0.15) is 33.6 Å². The fourth-order valence-electron chi connectivity index (χ4n) is 2.41. The van der Waals surface area contributed by atoms with Crippen LogP contribution in [0.15, 0.2) is 21.3 Å². The second kappa shape index (κ2) is 15.5. The monoisotopic (exact) mass is 660 g/mol. The van der Waals surface area contributed by atoms with Crippen LogP contribution < -0.4 is 0 Å². The first-order valence-corrected chi connectivity index (χ1v) is 26.2. The maximum atomic E-state index is 12.3. The number of allylic oxidation sites excluding steroid dienone is 2. The third-order valence-electron chi connectivity index (χ3n) is 5.18. The second-order valence-corrected chi connectivity index (χ2v) is 32.1. The third-order valence-corrected chi connectivity index (χ3v) is 14.9. The summed E-state index contributed by atoms with van der Waals surface area (Å²) in [6, 6.07) is 1.17. The van der Waals surface area contributed by atoms with Gasteiger partial charge in [0.1, 0.15) is 6.79 Å². The summed E-state index contributed by atoms with van der Waals surface area (Å²) in [5.41, 5.74) is 1.22. The number of carbonyl (C=O) groups is 1. The van der Waals surface area contributed by atoms with Crippen molar-refractivity contribution in [3.63, 3.8) is 0 Å². The Hall–Kier alpha value is 0.616. The van der Waals surface area contributed by atoms with E-state index in [4.69, 9.17) is 14.2 Å². The minimum Gasteiger partial charge on any atom is -0.356 e. The summed E-state index contributed by atoms with van der Waals surface area (Å²) in [5.74, 6) is 0.148. The molecule has 0 amide bonds. The molecule has 0 aliphatic rings. The van der Waals surface area contributed by atoms with Crippen molar-refractivity contribution in [1.82, 2.24) is 0 Å². The summed E-state index contributed by atoms with van der Waals surface area (Å²) in [7, 11) is -1.03. The first-order valence-electron chi connectivity index (χ1n) is 11.0. The minimum absolute atomic E-state index is 0.0398. The molecule has 7 heteroatoms. The standard InChI is InChI=1S/C20H36IO4Si.3CH3.Sn/c1-7-9-20(22)25-19(14-21)18(3)11-8-10-17(2)15-24-16-23-12-13-26(4,5)6;;;;/h9-10,18-19H,8,11-16H2,1-6H3;3*1H3;/b9-7?,17-10+;;;;/t18-,19?;;;;/m0..../s1. The molecule has 0 N–H and O–H groups in total. The van der Waals surface area contributed by atoms with Crippen LogP contribution >= 0.6 is 22.6 Å². The summed E-state index contributed by atoms with van der Waals surface area (Å²) >= 11 is 0.146. The molecule has 0 aromatic carbocycles. The van der Waals surface area contributed by atoms with Crippen molar-refractivity contribution < 1.29 is 19.0 Å². The molecular weight excluding hydrogens is 614 g/mol. The molecule has 0 saturated carbocycles. The summed E-state index contributed by atoms with van der Waals surface area (Å²) in [4.78, 5) is 19.2. The van der Waals surface area contributed by atoms with E-state index in [1.807, 2.05) is 0 Å². The van der Waals surface area contributed by atoms with Crippen LogP contribution in [-0.4, -0.2) is 63.0 Å². The molecule has 176 valence electrons.